The van der Waals surface area contributed by atoms with Gasteiger partial charge in [-0.25, -0.2) is 0 Å². The van der Waals surface area contributed by atoms with Crippen LogP contribution in [0.25, 0.3) is 0 Å². The normalized spacial score (nSPS) is 10.1. The summed E-state index contributed by atoms with van der Waals surface area (Å²) >= 11 is 5.72. The first-order valence-electron chi connectivity index (χ1n) is 7.46. The van der Waals surface area contributed by atoms with Crippen LogP contribution in [0.5, 0.6) is 5.75 Å². The molecule has 0 aliphatic carbocycles. The van der Waals surface area contributed by atoms with Crippen molar-refractivity contribution in [1.82, 2.24) is 4.90 Å². The lowest BCUT2D eigenvalue weighted by molar-refractivity contribution is -0.385. The van der Waals surface area contributed by atoms with Gasteiger partial charge < -0.3 is 15.0 Å². The number of rotatable bonds is 6. The summed E-state index contributed by atoms with van der Waals surface area (Å²) in [5.41, 5.74) is 0.503. The Labute approximate surface area is 154 Å². The average Bonchev–Trinajstić information content (AvgIpc) is 2.60. The maximum absolute atomic E-state index is 12.0. The molecule has 9 heteroatoms. The lowest BCUT2D eigenvalue weighted by atomic mass is 10.2. The molecule has 0 saturated carbocycles. The van der Waals surface area contributed by atoms with Gasteiger partial charge in [-0.3, -0.25) is 19.7 Å². The standard InChI is InChI=1S/C17H16ClN3O5/c1-20(2)17(23)11-4-3-5-13(8-11)19-16(22)10-26-15-7-6-12(18)9-14(15)21(24)25/h3-9H,10H2,1-2H3,(H,19,22). The SMILES string of the molecule is CN(C)C(=O)c1cccc(NC(=O)COc2ccc(Cl)cc2[N+](=O)[O-])c1. The fraction of sp³-hybridized carbons (Fsp3) is 0.176. The summed E-state index contributed by atoms with van der Waals surface area (Å²) in [6.07, 6.45) is 0. The van der Waals surface area contributed by atoms with Crippen LogP contribution in [0, 0.1) is 10.1 Å². The van der Waals surface area contributed by atoms with Gasteiger partial charge in [-0.2, -0.15) is 0 Å². The third-order valence-electron chi connectivity index (χ3n) is 3.28. The Morgan fingerprint density at radius 2 is 1.96 bits per heavy atom. The van der Waals surface area contributed by atoms with E-state index in [9.17, 15) is 19.7 Å². The quantitative estimate of drug-likeness (QED) is 0.616. The van der Waals surface area contributed by atoms with Crippen LogP contribution in [0.1, 0.15) is 10.4 Å². The van der Waals surface area contributed by atoms with Crippen molar-refractivity contribution < 1.29 is 19.2 Å². The zero-order chi connectivity index (χ0) is 19.3. The number of ether oxygens (including phenoxy) is 1. The minimum absolute atomic E-state index is 0.0638. The number of benzene rings is 2. The van der Waals surface area contributed by atoms with Gasteiger partial charge in [0, 0.05) is 36.4 Å². The van der Waals surface area contributed by atoms with E-state index in [1.165, 1.54) is 23.1 Å². The number of carbonyl (C=O) groups excluding carboxylic acids is 2. The molecule has 0 radical (unpaired) electrons. The van der Waals surface area contributed by atoms with Gasteiger partial charge in [0.05, 0.1) is 4.92 Å². The zero-order valence-electron chi connectivity index (χ0n) is 14.1. The van der Waals surface area contributed by atoms with Crippen molar-refractivity contribution in [2.75, 3.05) is 26.0 Å². The monoisotopic (exact) mass is 377 g/mol. The molecular weight excluding hydrogens is 362 g/mol. The summed E-state index contributed by atoms with van der Waals surface area (Å²) in [4.78, 5) is 35.7. The highest BCUT2D eigenvalue weighted by molar-refractivity contribution is 6.30. The largest absolute Gasteiger partial charge is 0.477 e. The van der Waals surface area contributed by atoms with Crippen molar-refractivity contribution in [3.05, 3.63) is 63.2 Å². The molecule has 26 heavy (non-hydrogen) atoms. The predicted molar refractivity (Wildman–Crippen MR) is 96.7 cm³/mol. The molecule has 0 fully saturated rings. The van der Waals surface area contributed by atoms with Gasteiger partial charge >= 0.3 is 5.69 Å². The maximum Gasteiger partial charge on any atom is 0.312 e. The fourth-order valence-electron chi connectivity index (χ4n) is 2.08. The Bertz CT molecular complexity index is 854. The van der Waals surface area contributed by atoms with E-state index in [4.69, 9.17) is 16.3 Å². The highest BCUT2D eigenvalue weighted by Crippen LogP contribution is 2.29. The van der Waals surface area contributed by atoms with E-state index >= 15 is 0 Å². The van der Waals surface area contributed by atoms with Crippen LogP contribution < -0.4 is 10.1 Å². The third kappa shape index (κ3) is 4.93. The van der Waals surface area contributed by atoms with E-state index in [-0.39, 0.29) is 22.4 Å². The van der Waals surface area contributed by atoms with Gasteiger partial charge in [0.25, 0.3) is 11.8 Å². The Morgan fingerprint density at radius 1 is 1.23 bits per heavy atom. The minimum atomic E-state index is -0.643. The Hall–Kier alpha value is -3.13. The molecule has 0 aliphatic rings. The lowest BCUT2D eigenvalue weighted by Crippen LogP contribution is -2.23. The van der Waals surface area contributed by atoms with Crippen LogP contribution >= 0.6 is 11.6 Å². The van der Waals surface area contributed by atoms with Crippen LogP contribution in [-0.4, -0.2) is 42.3 Å². The molecule has 2 amide bonds. The second kappa shape index (κ2) is 8.30. The van der Waals surface area contributed by atoms with Gasteiger partial charge in [-0.05, 0) is 30.3 Å². The van der Waals surface area contributed by atoms with Crippen LogP contribution in [0.4, 0.5) is 11.4 Å². The Morgan fingerprint density at radius 3 is 2.62 bits per heavy atom. The number of hydrogen-bond acceptors (Lipinski definition) is 5. The van der Waals surface area contributed by atoms with E-state index in [1.54, 1.807) is 32.3 Å². The first kappa shape index (κ1) is 19.2. The molecule has 0 saturated heterocycles. The number of anilines is 1. The molecule has 0 spiro atoms. The van der Waals surface area contributed by atoms with E-state index < -0.39 is 17.4 Å². The van der Waals surface area contributed by atoms with E-state index in [1.807, 2.05) is 0 Å². The molecule has 0 aromatic heterocycles. The summed E-state index contributed by atoms with van der Waals surface area (Å²) in [5, 5.41) is 13.8. The second-order valence-electron chi connectivity index (χ2n) is 5.49. The van der Waals surface area contributed by atoms with Gasteiger partial charge in [0.1, 0.15) is 0 Å². The summed E-state index contributed by atoms with van der Waals surface area (Å²) in [6, 6.07) is 10.3. The Balaban J connectivity index is 2.03. The molecule has 2 aromatic carbocycles. The summed E-state index contributed by atoms with van der Waals surface area (Å²) in [7, 11) is 3.25. The average molecular weight is 378 g/mol. The highest BCUT2D eigenvalue weighted by Gasteiger charge is 2.17. The number of halogens is 1. The predicted octanol–water partition coefficient (Wildman–Crippen LogP) is 2.97. The summed E-state index contributed by atoms with van der Waals surface area (Å²) in [6.45, 7) is -0.436. The third-order valence-corrected chi connectivity index (χ3v) is 3.51. The summed E-state index contributed by atoms with van der Waals surface area (Å²) in [5.74, 6) is -0.788. The van der Waals surface area contributed by atoms with Crippen LogP contribution in [0.3, 0.4) is 0 Å². The van der Waals surface area contributed by atoms with Crippen molar-refractivity contribution in [2.45, 2.75) is 0 Å². The molecule has 0 unspecified atom stereocenters. The van der Waals surface area contributed by atoms with Crippen molar-refractivity contribution in [3.8, 4) is 5.75 Å². The fourth-order valence-corrected chi connectivity index (χ4v) is 2.25. The molecule has 0 heterocycles. The van der Waals surface area contributed by atoms with Gasteiger partial charge in [0.15, 0.2) is 12.4 Å². The number of carbonyl (C=O) groups is 2. The topological polar surface area (TPSA) is 102 Å². The minimum Gasteiger partial charge on any atom is -0.477 e. The molecule has 2 rings (SSSR count). The molecule has 0 bridgehead atoms. The smallest absolute Gasteiger partial charge is 0.312 e. The van der Waals surface area contributed by atoms with Crippen LogP contribution in [-0.2, 0) is 4.79 Å². The molecular formula is C17H16ClN3O5. The number of nitro benzene ring substituents is 1. The van der Waals surface area contributed by atoms with E-state index in [0.717, 1.165) is 6.07 Å². The van der Waals surface area contributed by atoms with Gasteiger partial charge in [-0.1, -0.05) is 17.7 Å². The lowest BCUT2D eigenvalue weighted by Gasteiger charge is -2.12. The van der Waals surface area contributed by atoms with Crippen molar-refractivity contribution in [2.24, 2.45) is 0 Å². The van der Waals surface area contributed by atoms with E-state index in [0.29, 0.717) is 11.3 Å². The van der Waals surface area contributed by atoms with Gasteiger partial charge in [0.2, 0.25) is 0 Å². The molecule has 0 aliphatic heterocycles. The number of nitro groups is 1. The number of nitrogens with one attached hydrogen (secondary N) is 1. The molecule has 0 atom stereocenters. The molecule has 8 nitrogen and oxygen atoms in total. The van der Waals surface area contributed by atoms with E-state index in [2.05, 4.69) is 5.32 Å². The maximum atomic E-state index is 12.0. The second-order valence-corrected chi connectivity index (χ2v) is 5.92. The van der Waals surface area contributed by atoms with Gasteiger partial charge in [-0.15, -0.1) is 0 Å². The van der Waals surface area contributed by atoms with Crippen molar-refractivity contribution in [3.63, 3.8) is 0 Å². The van der Waals surface area contributed by atoms with Crippen LogP contribution in [0.2, 0.25) is 5.02 Å². The highest BCUT2D eigenvalue weighted by atomic mass is 35.5. The first-order valence-corrected chi connectivity index (χ1v) is 7.84. The summed E-state index contributed by atoms with van der Waals surface area (Å²) < 4.78 is 5.22. The van der Waals surface area contributed by atoms with Crippen molar-refractivity contribution in [1.29, 1.82) is 0 Å². The number of amides is 2. The molecule has 136 valence electrons. The molecule has 2 aromatic rings. The van der Waals surface area contributed by atoms with Crippen LogP contribution in [0.15, 0.2) is 42.5 Å². The zero-order valence-corrected chi connectivity index (χ0v) is 14.8. The Kier molecular flexibility index (Phi) is 6.13. The number of nitrogens with zero attached hydrogens (tertiary/aromatic N) is 2. The molecule has 1 N–H and O–H groups in total. The first-order chi connectivity index (χ1) is 12.3. The number of hydrogen-bond donors (Lipinski definition) is 1. The van der Waals surface area contributed by atoms with Crippen molar-refractivity contribution >= 4 is 34.8 Å².